The maximum atomic E-state index is 13.1. The van der Waals surface area contributed by atoms with E-state index in [4.69, 9.17) is 0 Å². The Morgan fingerprint density at radius 3 is 1.30 bits per heavy atom. The number of carbonyl (C=O) groups is 1. The van der Waals surface area contributed by atoms with Crippen molar-refractivity contribution in [2.45, 2.75) is 159 Å². The average Bonchev–Trinajstić information content (AvgIpc) is 2.94. The van der Waals surface area contributed by atoms with Gasteiger partial charge in [0.2, 0.25) is 9.84 Å². The van der Waals surface area contributed by atoms with Crippen molar-refractivity contribution in [3.8, 4) is 11.5 Å². The molecule has 0 atom stereocenters. The van der Waals surface area contributed by atoms with E-state index in [1.165, 1.54) is 108 Å². The average molecular weight is 633 g/mol. The van der Waals surface area contributed by atoms with E-state index in [9.17, 15) is 23.4 Å². The van der Waals surface area contributed by atoms with Gasteiger partial charge in [-0.3, -0.25) is 4.79 Å². The number of aromatic hydroxyl groups is 2. The van der Waals surface area contributed by atoms with Crippen molar-refractivity contribution in [1.82, 2.24) is 0 Å². The SMILES string of the molecule is CC(C)(C)c1ccc(O)c(S(=O)(=O)c2cc(C(C)(C)C)ccc2O)c1.CCCCCCCCCCCCCCCC(=O)OC. The number of sulfone groups is 1. The number of rotatable bonds is 16. The zero-order valence-electron chi connectivity index (χ0n) is 28.8. The molecule has 0 radical (unpaired) electrons. The molecule has 2 N–H and O–H groups in total. The highest BCUT2D eigenvalue weighted by atomic mass is 32.2. The van der Waals surface area contributed by atoms with E-state index in [2.05, 4.69) is 11.7 Å². The van der Waals surface area contributed by atoms with Crippen molar-refractivity contribution in [1.29, 1.82) is 0 Å². The summed E-state index contributed by atoms with van der Waals surface area (Å²) in [5.74, 6) is -0.717. The van der Waals surface area contributed by atoms with E-state index in [1.54, 1.807) is 12.1 Å². The van der Waals surface area contributed by atoms with Crippen LogP contribution in [0.4, 0.5) is 0 Å². The van der Waals surface area contributed by atoms with Gasteiger partial charge in [-0.05, 0) is 52.6 Å². The van der Waals surface area contributed by atoms with Crippen molar-refractivity contribution < 1.29 is 28.2 Å². The number of esters is 1. The monoisotopic (exact) mass is 632 g/mol. The van der Waals surface area contributed by atoms with Gasteiger partial charge < -0.3 is 14.9 Å². The van der Waals surface area contributed by atoms with Gasteiger partial charge in [-0.2, -0.15) is 0 Å². The van der Waals surface area contributed by atoms with Crippen LogP contribution in [-0.4, -0.2) is 31.7 Å². The van der Waals surface area contributed by atoms with Crippen LogP contribution in [0.15, 0.2) is 46.2 Å². The molecule has 0 amide bonds. The fourth-order valence-electron chi connectivity index (χ4n) is 4.90. The third kappa shape index (κ3) is 14.0. The first-order chi connectivity index (χ1) is 20.6. The molecule has 0 saturated heterocycles. The number of methoxy groups -OCH3 is 1. The van der Waals surface area contributed by atoms with Crippen molar-refractivity contribution in [2.24, 2.45) is 0 Å². The molecule has 0 saturated carbocycles. The number of ether oxygens (including phenoxy) is 1. The molecule has 0 aliphatic rings. The lowest BCUT2D eigenvalue weighted by molar-refractivity contribution is -0.140. The van der Waals surface area contributed by atoms with E-state index in [1.807, 2.05) is 41.5 Å². The Morgan fingerprint density at radius 1 is 0.636 bits per heavy atom. The van der Waals surface area contributed by atoms with Crippen LogP contribution in [-0.2, 0) is 30.2 Å². The van der Waals surface area contributed by atoms with Crippen LogP contribution >= 0.6 is 0 Å². The number of carbonyl (C=O) groups excluding carboxylic acids is 1. The second kappa shape index (κ2) is 19.1. The third-order valence-corrected chi connectivity index (χ3v) is 9.75. The van der Waals surface area contributed by atoms with E-state index < -0.39 is 9.84 Å². The minimum atomic E-state index is -4.07. The standard InChI is InChI=1S/C20H26O4S.C17H34O2/c1-19(2,3)13-7-9-15(21)17(11-13)25(23,24)18-12-14(20(4,5)6)8-10-16(18)22;1-3-4-5-6-7-8-9-10-11-12-13-14-15-16-17(18)19-2/h7-12,21-22H,1-6H3;3-16H2,1-2H3. The summed E-state index contributed by atoms with van der Waals surface area (Å²) in [5.41, 5.74) is 1.03. The summed E-state index contributed by atoms with van der Waals surface area (Å²) in [4.78, 5) is 10.5. The second-order valence-corrected chi connectivity index (χ2v) is 15.8. The van der Waals surface area contributed by atoms with Gasteiger partial charge in [-0.1, -0.05) is 138 Å². The van der Waals surface area contributed by atoms with Gasteiger partial charge in [0.05, 0.1) is 7.11 Å². The molecular weight excluding hydrogens is 572 g/mol. The number of hydrogen-bond donors (Lipinski definition) is 2. The van der Waals surface area contributed by atoms with Crippen LogP contribution < -0.4 is 0 Å². The molecule has 2 aromatic rings. The number of phenols is 2. The van der Waals surface area contributed by atoms with Gasteiger partial charge in [0.15, 0.2) is 0 Å². The maximum Gasteiger partial charge on any atom is 0.305 e. The lowest BCUT2D eigenvalue weighted by atomic mass is 9.87. The van der Waals surface area contributed by atoms with E-state index in [0.717, 1.165) is 17.5 Å². The van der Waals surface area contributed by atoms with Crippen molar-refractivity contribution in [3.05, 3.63) is 47.5 Å². The molecule has 0 aliphatic carbocycles. The quantitative estimate of drug-likeness (QED) is 0.141. The molecule has 0 fully saturated rings. The topological polar surface area (TPSA) is 101 Å². The van der Waals surface area contributed by atoms with Crippen LogP contribution in [0.25, 0.3) is 0 Å². The summed E-state index contributed by atoms with van der Waals surface area (Å²) in [5, 5.41) is 20.3. The van der Waals surface area contributed by atoms with Crippen molar-refractivity contribution in [3.63, 3.8) is 0 Å². The van der Waals surface area contributed by atoms with Gasteiger partial charge in [-0.25, -0.2) is 8.42 Å². The van der Waals surface area contributed by atoms with Crippen molar-refractivity contribution in [2.75, 3.05) is 7.11 Å². The highest BCUT2D eigenvalue weighted by Gasteiger charge is 2.28. The predicted molar refractivity (Wildman–Crippen MR) is 181 cm³/mol. The maximum absolute atomic E-state index is 13.1. The first kappa shape index (κ1) is 39.5. The third-order valence-electron chi connectivity index (χ3n) is 7.94. The van der Waals surface area contributed by atoms with Crippen LogP contribution in [0.2, 0.25) is 0 Å². The lowest BCUT2D eigenvalue weighted by Crippen LogP contribution is -2.14. The highest BCUT2D eigenvalue weighted by molar-refractivity contribution is 7.91. The fraction of sp³-hybridized carbons (Fsp3) is 0.649. The second-order valence-electron chi connectivity index (χ2n) is 13.9. The molecule has 2 rings (SSSR count). The Kier molecular flexibility index (Phi) is 17.1. The molecule has 0 aromatic heterocycles. The largest absolute Gasteiger partial charge is 0.507 e. The van der Waals surface area contributed by atoms with Gasteiger partial charge in [0.25, 0.3) is 0 Å². The molecule has 0 bridgehead atoms. The first-order valence-corrected chi connectivity index (χ1v) is 18.0. The number of benzene rings is 2. The fourth-order valence-corrected chi connectivity index (χ4v) is 6.39. The molecule has 2 aromatic carbocycles. The Hall–Kier alpha value is -2.54. The molecule has 7 heteroatoms. The summed E-state index contributed by atoms with van der Waals surface area (Å²) in [6.45, 7) is 14.1. The first-order valence-electron chi connectivity index (χ1n) is 16.5. The van der Waals surface area contributed by atoms with E-state index in [0.29, 0.717) is 6.42 Å². The van der Waals surface area contributed by atoms with Gasteiger partial charge in [-0.15, -0.1) is 0 Å². The van der Waals surface area contributed by atoms with Crippen LogP contribution in [0.3, 0.4) is 0 Å². The minimum absolute atomic E-state index is 0.0666. The summed E-state index contributed by atoms with van der Waals surface area (Å²) >= 11 is 0. The van der Waals surface area contributed by atoms with Crippen LogP contribution in [0.1, 0.15) is 149 Å². The number of hydrogen-bond acceptors (Lipinski definition) is 6. The summed E-state index contributed by atoms with van der Waals surface area (Å²) in [6.07, 6.45) is 18.0. The van der Waals surface area contributed by atoms with Gasteiger partial charge >= 0.3 is 5.97 Å². The smallest absolute Gasteiger partial charge is 0.305 e. The predicted octanol–water partition coefficient (Wildman–Crippen LogP) is 10.2. The summed E-state index contributed by atoms with van der Waals surface area (Å²) < 4.78 is 30.8. The molecule has 0 aliphatic heterocycles. The molecule has 0 heterocycles. The molecule has 44 heavy (non-hydrogen) atoms. The summed E-state index contributed by atoms with van der Waals surface area (Å²) in [6, 6.07) is 9.15. The number of phenolic OH excluding ortho intramolecular Hbond substituents is 2. The van der Waals surface area contributed by atoms with E-state index in [-0.39, 0.29) is 38.1 Å². The Balaban J connectivity index is 0.000000459. The highest BCUT2D eigenvalue weighted by Crippen LogP contribution is 2.38. The van der Waals surface area contributed by atoms with E-state index >= 15 is 0 Å². The molecule has 0 spiro atoms. The van der Waals surface area contributed by atoms with Gasteiger partial charge in [0, 0.05) is 6.42 Å². The zero-order valence-corrected chi connectivity index (χ0v) is 29.6. The molecule has 6 nitrogen and oxygen atoms in total. The number of unbranched alkanes of at least 4 members (excludes halogenated alkanes) is 12. The minimum Gasteiger partial charge on any atom is -0.507 e. The van der Waals surface area contributed by atoms with Crippen molar-refractivity contribution >= 4 is 15.8 Å². The normalized spacial score (nSPS) is 12.0. The van der Waals surface area contributed by atoms with Gasteiger partial charge in [0.1, 0.15) is 21.3 Å². The van der Waals surface area contributed by atoms with Crippen LogP contribution in [0.5, 0.6) is 11.5 Å². The Bertz CT molecular complexity index is 1170. The molecule has 250 valence electrons. The van der Waals surface area contributed by atoms with Crippen LogP contribution in [0, 0.1) is 0 Å². The lowest BCUT2D eigenvalue weighted by Gasteiger charge is -2.22. The zero-order chi connectivity index (χ0) is 33.4. The summed E-state index contributed by atoms with van der Waals surface area (Å²) in [7, 11) is -2.60. The molecule has 0 unspecified atom stereocenters. The Labute approximate surface area is 268 Å². The Morgan fingerprint density at radius 2 is 0.977 bits per heavy atom. The molecular formula is C37H60O6S.